The first kappa shape index (κ1) is 16.8. The molecule has 1 saturated heterocycles. The van der Waals surface area contributed by atoms with Crippen molar-refractivity contribution in [2.24, 2.45) is 11.8 Å². The van der Waals surface area contributed by atoms with E-state index in [1.807, 2.05) is 36.2 Å². The quantitative estimate of drug-likeness (QED) is 0.898. The van der Waals surface area contributed by atoms with Crippen molar-refractivity contribution in [3.63, 3.8) is 0 Å². The van der Waals surface area contributed by atoms with E-state index in [0.29, 0.717) is 31.1 Å². The lowest BCUT2D eigenvalue weighted by molar-refractivity contribution is -0.131. The molecule has 1 aromatic carbocycles. The molecular formula is C19H26N2O3. The molecule has 2 aliphatic rings. The molecule has 24 heavy (non-hydrogen) atoms. The van der Waals surface area contributed by atoms with Gasteiger partial charge in [-0.3, -0.25) is 9.59 Å². The number of hydrogen-bond donors (Lipinski definition) is 1. The summed E-state index contributed by atoms with van der Waals surface area (Å²) >= 11 is 0. The Hall–Kier alpha value is -2.04. The van der Waals surface area contributed by atoms with E-state index in [1.165, 1.54) is 0 Å². The Morgan fingerprint density at radius 2 is 2.04 bits per heavy atom. The van der Waals surface area contributed by atoms with Gasteiger partial charge in [-0.15, -0.1) is 0 Å². The van der Waals surface area contributed by atoms with Crippen LogP contribution < -0.4 is 10.1 Å². The molecule has 5 nitrogen and oxygen atoms in total. The van der Waals surface area contributed by atoms with E-state index in [1.54, 1.807) is 7.11 Å². The summed E-state index contributed by atoms with van der Waals surface area (Å²) in [5.41, 5.74) is 1.07. The van der Waals surface area contributed by atoms with E-state index in [0.717, 1.165) is 30.7 Å². The summed E-state index contributed by atoms with van der Waals surface area (Å²) in [6.07, 6.45) is 3.74. The molecule has 2 amide bonds. The van der Waals surface area contributed by atoms with Gasteiger partial charge in [0.15, 0.2) is 0 Å². The lowest BCUT2D eigenvalue weighted by atomic mass is 9.89. The smallest absolute Gasteiger partial charge is 0.222 e. The predicted octanol–water partition coefficient (Wildman–Crippen LogP) is 2.00. The number of amides is 2. The van der Waals surface area contributed by atoms with Crippen LogP contribution in [0.3, 0.4) is 0 Å². The Morgan fingerprint density at radius 1 is 1.29 bits per heavy atom. The van der Waals surface area contributed by atoms with Gasteiger partial charge in [-0.2, -0.15) is 0 Å². The van der Waals surface area contributed by atoms with E-state index in [-0.39, 0.29) is 17.9 Å². The summed E-state index contributed by atoms with van der Waals surface area (Å²) in [7, 11) is 3.56. The lowest BCUT2D eigenvalue weighted by Gasteiger charge is -2.25. The van der Waals surface area contributed by atoms with Crippen LogP contribution in [0.15, 0.2) is 24.3 Å². The number of rotatable bonds is 5. The van der Waals surface area contributed by atoms with Crippen molar-refractivity contribution in [1.29, 1.82) is 0 Å². The van der Waals surface area contributed by atoms with Crippen LogP contribution in [-0.4, -0.2) is 43.5 Å². The molecule has 1 heterocycles. The number of methoxy groups -OCH3 is 1. The molecule has 1 saturated carbocycles. The molecule has 130 valence electrons. The van der Waals surface area contributed by atoms with Gasteiger partial charge in [-0.1, -0.05) is 18.2 Å². The molecule has 1 N–H and O–H groups in total. The van der Waals surface area contributed by atoms with Crippen LogP contribution in [0.5, 0.6) is 5.75 Å². The van der Waals surface area contributed by atoms with Crippen LogP contribution in [0.2, 0.25) is 0 Å². The molecule has 1 aliphatic heterocycles. The second-order valence-corrected chi connectivity index (χ2v) is 6.97. The van der Waals surface area contributed by atoms with Crippen molar-refractivity contribution in [2.45, 2.75) is 38.1 Å². The number of nitrogens with one attached hydrogen (secondary N) is 1. The molecule has 1 aromatic rings. The van der Waals surface area contributed by atoms with Gasteiger partial charge in [-0.05, 0) is 42.7 Å². The zero-order chi connectivity index (χ0) is 17.1. The average Bonchev–Trinajstić information content (AvgIpc) is 3.02. The number of para-hydroxylation sites is 1. The SMILES string of the molecule is COc1ccccc1CCC(=O)N(C)[C@H]1C[C@H]2CC(=O)NC[C@H]2C1. The number of benzene rings is 1. The first-order chi connectivity index (χ1) is 11.6. The van der Waals surface area contributed by atoms with Gasteiger partial charge < -0.3 is 15.0 Å². The van der Waals surface area contributed by atoms with Crippen molar-refractivity contribution < 1.29 is 14.3 Å². The van der Waals surface area contributed by atoms with E-state index in [2.05, 4.69) is 5.32 Å². The summed E-state index contributed by atoms with van der Waals surface area (Å²) < 4.78 is 5.35. The van der Waals surface area contributed by atoms with E-state index in [9.17, 15) is 9.59 Å². The standard InChI is InChI=1S/C19H26N2O3/c1-21(16-9-14-11-18(22)20-12-15(14)10-16)19(23)8-7-13-5-3-4-6-17(13)24-2/h3-6,14-16H,7-12H2,1-2H3,(H,20,22)/t14-,15+,16-/m0/s1. The summed E-state index contributed by atoms with van der Waals surface area (Å²) in [5, 5.41) is 2.95. The molecule has 0 spiro atoms. The van der Waals surface area contributed by atoms with Crippen LogP contribution >= 0.6 is 0 Å². The van der Waals surface area contributed by atoms with Crippen molar-refractivity contribution in [2.75, 3.05) is 20.7 Å². The molecule has 0 radical (unpaired) electrons. The van der Waals surface area contributed by atoms with Crippen molar-refractivity contribution in [1.82, 2.24) is 10.2 Å². The van der Waals surface area contributed by atoms with E-state index in [4.69, 9.17) is 4.74 Å². The van der Waals surface area contributed by atoms with Crippen LogP contribution in [0.25, 0.3) is 0 Å². The number of carbonyl (C=O) groups is 2. The van der Waals surface area contributed by atoms with Crippen LogP contribution in [-0.2, 0) is 16.0 Å². The average molecular weight is 330 g/mol. The Labute approximate surface area is 143 Å². The molecule has 2 fully saturated rings. The fourth-order valence-corrected chi connectivity index (χ4v) is 4.08. The van der Waals surface area contributed by atoms with Crippen molar-refractivity contribution >= 4 is 11.8 Å². The largest absolute Gasteiger partial charge is 0.496 e. The predicted molar refractivity (Wildman–Crippen MR) is 91.7 cm³/mol. The maximum absolute atomic E-state index is 12.6. The number of ether oxygens (including phenoxy) is 1. The summed E-state index contributed by atoms with van der Waals surface area (Å²) in [6.45, 7) is 0.767. The third kappa shape index (κ3) is 3.55. The molecule has 1 aliphatic carbocycles. The number of fused-ring (bicyclic) bond motifs is 1. The Kier molecular flexibility index (Phi) is 5.07. The van der Waals surface area contributed by atoms with Crippen LogP contribution in [0.4, 0.5) is 0 Å². The number of aryl methyl sites for hydroxylation is 1. The molecule has 3 rings (SSSR count). The fraction of sp³-hybridized carbons (Fsp3) is 0.579. The summed E-state index contributed by atoms with van der Waals surface area (Å²) in [5.74, 6) is 2.13. The third-order valence-corrected chi connectivity index (χ3v) is 5.57. The number of nitrogens with zero attached hydrogens (tertiary/aromatic N) is 1. The minimum Gasteiger partial charge on any atom is -0.496 e. The van der Waals surface area contributed by atoms with Gasteiger partial charge >= 0.3 is 0 Å². The van der Waals surface area contributed by atoms with Gasteiger partial charge in [-0.25, -0.2) is 0 Å². The molecule has 0 unspecified atom stereocenters. The molecule has 0 bridgehead atoms. The van der Waals surface area contributed by atoms with Gasteiger partial charge in [0.1, 0.15) is 5.75 Å². The Bertz CT molecular complexity index is 616. The number of carbonyl (C=O) groups excluding carboxylic acids is 2. The molecule has 5 heteroatoms. The maximum atomic E-state index is 12.6. The minimum absolute atomic E-state index is 0.155. The monoisotopic (exact) mass is 330 g/mol. The summed E-state index contributed by atoms with van der Waals surface area (Å²) in [4.78, 5) is 26.0. The van der Waals surface area contributed by atoms with Gasteiger partial charge in [0.25, 0.3) is 0 Å². The molecule has 0 aromatic heterocycles. The minimum atomic E-state index is 0.155. The highest BCUT2D eigenvalue weighted by molar-refractivity contribution is 5.78. The topological polar surface area (TPSA) is 58.6 Å². The second kappa shape index (κ2) is 7.24. The zero-order valence-corrected chi connectivity index (χ0v) is 14.5. The maximum Gasteiger partial charge on any atom is 0.222 e. The van der Waals surface area contributed by atoms with E-state index < -0.39 is 0 Å². The normalized spacial score (nSPS) is 25.8. The zero-order valence-electron chi connectivity index (χ0n) is 14.5. The van der Waals surface area contributed by atoms with Crippen LogP contribution in [0.1, 0.15) is 31.2 Å². The Morgan fingerprint density at radius 3 is 2.83 bits per heavy atom. The summed E-state index contributed by atoms with van der Waals surface area (Å²) in [6, 6.07) is 8.10. The highest BCUT2D eigenvalue weighted by Crippen LogP contribution is 2.38. The number of piperidine rings is 1. The Balaban J connectivity index is 1.54. The highest BCUT2D eigenvalue weighted by atomic mass is 16.5. The fourth-order valence-electron chi connectivity index (χ4n) is 4.08. The molecular weight excluding hydrogens is 304 g/mol. The first-order valence-corrected chi connectivity index (χ1v) is 8.72. The van der Waals surface area contributed by atoms with Crippen molar-refractivity contribution in [3.8, 4) is 5.75 Å². The molecule has 3 atom stereocenters. The first-order valence-electron chi connectivity index (χ1n) is 8.72. The van der Waals surface area contributed by atoms with Gasteiger partial charge in [0.2, 0.25) is 11.8 Å². The highest BCUT2D eigenvalue weighted by Gasteiger charge is 2.40. The van der Waals surface area contributed by atoms with Gasteiger partial charge in [0.05, 0.1) is 7.11 Å². The van der Waals surface area contributed by atoms with E-state index >= 15 is 0 Å². The van der Waals surface area contributed by atoms with Crippen molar-refractivity contribution in [3.05, 3.63) is 29.8 Å². The number of hydrogen-bond acceptors (Lipinski definition) is 3. The van der Waals surface area contributed by atoms with Crippen LogP contribution in [0, 0.1) is 11.8 Å². The second-order valence-electron chi connectivity index (χ2n) is 6.97. The third-order valence-electron chi connectivity index (χ3n) is 5.57. The van der Waals surface area contributed by atoms with Gasteiger partial charge in [0, 0.05) is 32.5 Å². The lowest BCUT2D eigenvalue weighted by Crippen LogP contribution is -2.38.